The molecule has 7 nitrogen and oxygen atoms in total. The minimum absolute atomic E-state index is 0.149. The molecule has 0 saturated carbocycles. The standard InChI is InChI=1S/C23H26N6O/c1-17-3-2-12-29(15-17)22-13-21(26-16-27-22)25-14-18-4-6-20(7-5-18)28-23(30)19-8-10-24-11-9-19/h4-11,13,16-17H,2-3,12,14-15H2,1H3,(H,28,30)(H,25,26,27). The number of carbonyl (C=O) groups excluding carboxylic acids is 1. The Labute approximate surface area is 176 Å². The summed E-state index contributed by atoms with van der Waals surface area (Å²) in [7, 11) is 0. The van der Waals surface area contributed by atoms with Gasteiger partial charge in [-0.05, 0) is 48.6 Å². The Kier molecular flexibility index (Phi) is 6.17. The molecule has 3 heterocycles. The molecular formula is C23H26N6O. The maximum absolute atomic E-state index is 12.2. The van der Waals surface area contributed by atoms with E-state index in [-0.39, 0.29) is 5.91 Å². The van der Waals surface area contributed by atoms with Crippen LogP contribution in [-0.2, 0) is 6.54 Å². The van der Waals surface area contributed by atoms with Crippen LogP contribution in [0.3, 0.4) is 0 Å². The highest BCUT2D eigenvalue weighted by molar-refractivity contribution is 6.04. The van der Waals surface area contributed by atoms with Crippen molar-refractivity contribution < 1.29 is 4.79 Å². The van der Waals surface area contributed by atoms with Gasteiger partial charge >= 0.3 is 0 Å². The molecule has 1 unspecified atom stereocenters. The molecule has 1 aromatic carbocycles. The number of piperidine rings is 1. The zero-order valence-corrected chi connectivity index (χ0v) is 17.1. The van der Waals surface area contributed by atoms with Crippen LogP contribution in [0.25, 0.3) is 0 Å². The second kappa shape index (κ2) is 9.35. The maximum atomic E-state index is 12.2. The highest BCUT2D eigenvalue weighted by Gasteiger charge is 2.17. The van der Waals surface area contributed by atoms with Crippen LogP contribution in [0.15, 0.2) is 61.2 Å². The molecule has 0 bridgehead atoms. The van der Waals surface area contributed by atoms with Gasteiger partial charge < -0.3 is 15.5 Å². The molecule has 1 saturated heterocycles. The van der Waals surface area contributed by atoms with Crippen molar-refractivity contribution >= 4 is 23.2 Å². The van der Waals surface area contributed by atoms with E-state index >= 15 is 0 Å². The number of pyridine rings is 1. The lowest BCUT2D eigenvalue weighted by molar-refractivity contribution is 0.102. The van der Waals surface area contributed by atoms with E-state index in [1.54, 1.807) is 30.9 Å². The lowest BCUT2D eigenvalue weighted by atomic mass is 10.0. The third kappa shape index (κ3) is 5.11. The molecule has 154 valence electrons. The predicted octanol–water partition coefficient (Wildman–Crippen LogP) is 3.97. The van der Waals surface area contributed by atoms with Gasteiger partial charge in [-0.1, -0.05) is 19.1 Å². The van der Waals surface area contributed by atoms with Crippen molar-refractivity contribution in [3.8, 4) is 0 Å². The number of carbonyl (C=O) groups is 1. The summed E-state index contributed by atoms with van der Waals surface area (Å²) in [5.41, 5.74) is 2.44. The van der Waals surface area contributed by atoms with E-state index in [4.69, 9.17) is 0 Å². The Morgan fingerprint density at radius 2 is 1.93 bits per heavy atom. The number of aromatic nitrogens is 3. The van der Waals surface area contributed by atoms with E-state index < -0.39 is 0 Å². The Morgan fingerprint density at radius 1 is 1.13 bits per heavy atom. The monoisotopic (exact) mass is 402 g/mol. The highest BCUT2D eigenvalue weighted by Crippen LogP contribution is 2.22. The van der Waals surface area contributed by atoms with Crippen LogP contribution in [0.5, 0.6) is 0 Å². The molecule has 7 heteroatoms. The Bertz CT molecular complexity index is 976. The van der Waals surface area contributed by atoms with E-state index in [0.717, 1.165) is 36.0 Å². The minimum atomic E-state index is -0.149. The van der Waals surface area contributed by atoms with Gasteiger partial charge in [0.25, 0.3) is 5.91 Å². The number of benzene rings is 1. The van der Waals surface area contributed by atoms with Gasteiger partial charge in [0.15, 0.2) is 0 Å². The third-order valence-corrected chi connectivity index (χ3v) is 5.26. The zero-order valence-electron chi connectivity index (χ0n) is 17.1. The number of amides is 1. The predicted molar refractivity (Wildman–Crippen MR) is 119 cm³/mol. The van der Waals surface area contributed by atoms with Gasteiger partial charge in [0.05, 0.1) is 0 Å². The number of anilines is 3. The number of rotatable bonds is 6. The van der Waals surface area contributed by atoms with Gasteiger partial charge in [0, 0.05) is 49.3 Å². The molecule has 4 rings (SSSR count). The fraction of sp³-hybridized carbons (Fsp3) is 0.304. The van der Waals surface area contributed by atoms with E-state index in [9.17, 15) is 4.79 Å². The van der Waals surface area contributed by atoms with E-state index in [0.29, 0.717) is 18.0 Å². The normalized spacial score (nSPS) is 16.2. The van der Waals surface area contributed by atoms with Crippen LogP contribution < -0.4 is 15.5 Å². The van der Waals surface area contributed by atoms with Crippen molar-refractivity contribution in [2.75, 3.05) is 28.6 Å². The van der Waals surface area contributed by atoms with Gasteiger partial charge in [0.1, 0.15) is 18.0 Å². The van der Waals surface area contributed by atoms with Crippen molar-refractivity contribution in [2.45, 2.75) is 26.3 Å². The summed E-state index contributed by atoms with van der Waals surface area (Å²) < 4.78 is 0. The van der Waals surface area contributed by atoms with Crippen LogP contribution in [0, 0.1) is 5.92 Å². The van der Waals surface area contributed by atoms with Crippen LogP contribution >= 0.6 is 0 Å². The summed E-state index contributed by atoms with van der Waals surface area (Å²) in [6.07, 6.45) is 7.32. The number of nitrogens with one attached hydrogen (secondary N) is 2. The first-order chi connectivity index (χ1) is 14.7. The smallest absolute Gasteiger partial charge is 0.255 e. The van der Waals surface area contributed by atoms with Crippen LogP contribution in [0.2, 0.25) is 0 Å². The molecule has 1 fully saturated rings. The minimum Gasteiger partial charge on any atom is -0.366 e. The number of hydrogen-bond donors (Lipinski definition) is 2. The van der Waals surface area contributed by atoms with Gasteiger partial charge in [-0.3, -0.25) is 9.78 Å². The summed E-state index contributed by atoms with van der Waals surface area (Å²) in [5, 5.41) is 6.26. The number of nitrogens with zero attached hydrogens (tertiary/aromatic N) is 4. The average Bonchev–Trinajstić information content (AvgIpc) is 2.79. The lowest BCUT2D eigenvalue weighted by Gasteiger charge is -2.31. The molecule has 0 radical (unpaired) electrons. The van der Waals surface area contributed by atoms with Crippen LogP contribution in [-0.4, -0.2) is 33.9 Å². The van der Waals surface area contributed by atoms with Crippen molar-refractivity contribution in [2.24, 2.45) is 5.92 Å². The fourth-order valence-electron chi connectivity index (χ4n) is 3.62. The molecule has 1 aliphatic heterocycles. The second-order valence-electron chi connectivity index (χ2n) is 7.70. The van der Waals surface area contributed by atoms with E-state index in [1.165, 1.54) is 12.8 Å². The van der Waals surface area contributed by atoms with Gasteiger partial charge in [-0.25, -0.2) is 9.97 Å². The third-order valence-electron chi connectivity index (χ3n) is 5.26. The Hall–Kier alpha value is -3.48. The molecule has 3 aromatic rings. The SMILES string of the molecule is CC1CCCN(c2cc(NCc3ccc(NC(=O)c4ccncc4)cc3)ncn2)C1. The molecular weight excluding hydrogens is 376 g/mol. The summed E-state index contributed by atoms with van der Waals surface area (Å²) >= 11 is 0. The average molecular weight is 403 g/mol. The molecule has 2 aromatic heterocycles. The molecule has 1 aliphatic rings. The molecule has 1 atom stereocenters. The Morgan fingerprint density at radius 3 is 2.70 bits per heavy atom. The van der Waals surface area contributed by atoms with Crippen molar-refractivity contribution in [1.82, 2.24) is 15.0 Å². The Balaban J connectivity index is 1.33. The summed E-state index contributed by atoms with van der Waals surface area (Å²) in [6.45, 7) is 5.03. The van der Waals surface area contributed by atoms with Crippen molar-refractivity contribution in [3.63, 3.8) is 0 Å². The molecule has 0 aliphatic carbocycles. The molecule has 2 N–H and O–H groups in total. The van der Waals surface area contributed by atoms with Gasteiger partial charge in [-0.15, -0.1) is 0 Å². The quantitative estimate of drug-likeness (QED) is 0.649. The van der Waals surface area contributed by atoms with Crippen molar-refractivity contribution in [3.05, 3.63) is 72.3 Å². The summed E-state index contributed by atoms with van der Waals surface area (Å²) in [5.74, 6) is 2.34. The topological polar surface area (TPSA) is 83.0 Å². The fourth-order valence-corrected chi connectivity index (χ4v) is 3.62. The first-order valence-electron chi connectivity index (χ1n) is 10.3. The molecule has 30 heavy (non-hydrogen) atoms. The van der Waals surface area contributed by atoms with E-state index in [1.807, 2.05) is 30.3 Å². The maximum Gasteiger partial charge on any atom is 0.255 e. The first kappa shape index (κ1) is 19.8. The first-order valence-corrected chi connectivity index (χ1v) is 10.3. The second-order valence-corrected chi connectivity index (χ2v) is 7.70. The largest absolute Gasteiger partial charge is 0.366 e. The lowest BCUT2D eigenvalue weighted by Crippen LogP contribution is -2.34. The van der Waals surface area contributed by atoms with Crippen LogP contribution in [0.4, 0.5) is 17.3 Å². The van der Waals surface area contributed by atoms with Crippen molar-refractivity contribution in [1.29, 1.82) is 0 Å². The van der Waals surface area contributed by atoms with E-state index in [2.05, 4.69) is 37.4 Å². The summed E-state index contributed by atoms with van der Waals surface area (Å²) in [4.78, 5) is 27.3. The summed E-state index contributed by atoms with van der Waals surface area (Å²) in [6, 6.07) is 13.2. The van der Waals surface area contributed by atoms with Gasteiger partial charge in [0.2, 0.25) is 0 Å². The van der Waals surface area contributed by atoms with Crippen LogP contribution in [0.1, 0.15) is 35.7 Å². The highest BCUT2D eigenvalue weighted by atomic mass is 16.1. The molecule has 0 spiro atoms. The number of hydrogen-bond acceptors (Lipinski definition) is 6. The van der Waals surface area contributed by atoms with Gasteiger partial charge in [-0.2, -0.15) is 0 Å². The molecule has 1 amide bonds. The zero-order chi connectivity index (χ0) is 20.8.